The Hall–Kier alpha value is -3.55. The number of ether oxygens (including phenoxy) is 1. The molecule has 0 aliphatic heterocycles. The minimum Gasteiger partial charge on any atom is -0.449 e. The summed E-state index contributed by atoms with van der Waals surface area (Å²) in [5.74, 6) is -0.505. The maximum atomic E-state index is 12.3. The number of nitrogens with zero attached hydrogens (tertiary/aromatic N) is 4. The minimum atomic E-state index is -0.934. The third-order valence-corrected chi connectivity index (χ3v) is 4.73. The predicted molar refractivity (Wildman–Crippen MR) is 108 cm³/mol. The van der Waals surface area contributed by atoms with Crippen molar-refractivity contribution < 1.29 is 14.3 Å². The molecule has 2 atom stereocenters. The van der Waals surface area contributed by atoms with Crippen LogP contribution in [0.1, 0.15) is 49.0 Å². The van der Waals surface area contributed by atoms with Crippen LogP contribution in [0.4, 0.5) is 5.69 Å². The first kappa shape index (κ1) is 20.2. The lowest BCUT2D eigenvalue weighted by molar-refractivity contribution is -0.123. The van der Waals surface area contributed by atoms with Crippen molar-refractivity contribution in [2.75, 3.05) is 5.32 Å². The van der Waals surface area contributed by atoms with Crippen molar-refractivity contribution in [3.8, 4) is 5.69 Å². The molecule has 1 amide bonds. The maximum Gasteiger partial charge on any atom is 0.338 e. The van der Waals surface area contributed by atoms with Gasteiger partial charge in [-0.2, -0.15) is 0 Å². The maximum absolute atomic E-state index is 12.3. The minimum absolute atomic E-state index is 0.333. The number of tetrazole rings is 1. The summed E-state index contributed by atoms with van der Waals surface area (Å²) in [6, 6.07) is 14.3. The molecule has 1 N–H and O–H groups in total. The van der Waals surface area contributed by atoms with Gasteiger partial charge in [-0.25, -0.2) is 9.48 Å². The van der Waals surface area contributed by atoms with E-state index < -0.39 is 12.1 Å². The summed E-state index contributed by atoms with van der Waals surface area (Å²) in [5, 5.41) is 13.7. The van der Waals surface area contributed by atoms with Crippen LogP contribution < -0.4 is 5.32 Å². The second-order valence-corrected chi connectivity index (χ2v) is 6.77. The van der Waals surface area contributed by atoms with E-state index in [2.05, 4.69) is 34.7 Å². The number of hydrogen-bond acceptors (Lipinski definition) is 6. The average Bonchev–Trinajstić information content (AvgIpc) is 3.28. The number of carbonyl (C=O) groups is 2. The Morgan fingerprint density at radius 3 is 2.34 bits per heavy atom. The number of hydrogen-bond donors (Lipinski definition) is 1. The molecule has 3 rings (SSSR count). The Balaban J connectivity index is 1.56. The second-order valence-electron chi connectivity index (χ2n) is 6.77. The lowest BCUT2D eigenvalue weighted by Gasteiger charge is -2.15. The van der Waals surface area contributed by atoms with Gasteiger partial charge in [-0.05, 0) is 71.7 Å². The highest BCUT2D eigenvalue weighted by atomic mass is 16.5. The number of esters is 1. The normalized spacial score (nSPS) is 12.8. The molecule has 1 heterocycles. The van der Waals surface area contributed by atoms with Crippen LogP contribution in [0.25, 0.3) is 5.69 Å². The van der Waals surface area contributed by atoms with Crippen molar-refractivity contribution in [1.82, 2.24) is 20.2 Å². The van der Waals surface area contributed by atoms with Gasteiger partial charge in [0.1, 0.15) is 6.33 Å². The molecule has 8 nitrogen and oxygen atoms in total. The van der Waals surface area contributed by atoms with Gasteiger partial charge in [0.2, 0.25) is 0 Å². The fourth-order valence-corrected chi connectivity index (χ4v) is 2.69. The molecule has 0 aliphatic rings. The van der Waals surface area contributed by atoms with Gasteiger partial charge in [-0.3, -0.25) is 4.79 Å². The van der Waals surface area contributed by atoms with Gasteiger partial charge >= 0.3 is 5.97 Å². The number of rotatable bonds is 7. The molecule has 2 aromatic carbocycles. The third-order valence-electron chi connectivity index (χ3n) is 4.73. The van der Waals surface area contributed by atoms with Crippen molar-refractivity contribution in [2.45, 2.75) is 39.2 Å². The van der Waals surface area contributed by atoms with Crippen molar-refractivity contribution >= 4 is 17.6 Å². The number of carbonyl (C=O) groups excluding carboxylic acids is 2. The molecule has 29 heavy (non-hydrogen) atoms. The van der Waals surface area contributed by atoms with E-state index in [0.717, 1.165) is 6.42 Å². The van der Waals surface area contributed by atoms with Crippen LogP contribution in [-0.4, -0.2) is 38.2 Å². The van der Waals surface area contributed by atoms with E-state index in [1.165, 1.54) is 23.5 Å². The quantitative estimate of drug-likeness (QED) is 0.618. The van der Waals surface area contributed by atoms with Gasteiger partial charge in [0.25, 0.3) is 5.91 Å². The molecule has 0 bridgehead atoms. The van der Waals surface area contributed by atoms with Gasteiger partial charge in [-0.1, -0.05) is 26.0 Å². The SMILES string of the molecule is CC[C@@H](C)c1ccc(NC(=O)[C@@H](C)OC(=O)c2ccc(-n3cnnn3)cc2)cc1. The Bertz CT molecular complexity index is 953. The van der Waals surface area contributed by atoms with E-state index in [1.54, 1.807) is 24.3 Å². The molecule has 0 saturated carbocycles. The first-order valence-electron chi connectivity index (χ1n) is 9.43. The molecular formula is C21H23N5O3. The molecule has 0 unspecified atom stereocenters. The van der Waals surface area contributed by atoms with Crippen LogP contribution in [-0.2, 0) is 9.53 Å². The molecular weight excluding hydrogens is 370 g/mol. The number of amides is 1. The molecule has 1 aromatic heterocycles. The van der Waals surface area contributed by atoms with Crippen molar-refractivity contribution in [3.63, 3.8) is 0 Å². The van der Waals surface area contributed by atoms with Crippen LogP contribution in [0.3, 0.4) is 0 Å². The smallest absolute Gasteiger partial charge is 0.338 e. The zero-order valence-corrected chi connectivity index (χ0v) is 16.6. The summed E-state index contributed by atoms with van der Waals surface area (Å²) in [6.45, 7) is 5.83. The summed E-state index contributed by atoms with van der Waals surface area (Å²) < 4.78 is 6.75. The Labute approximate surface area is 168 Å². The lowest BCUT2D eigenvalue weighted by atomic mass is 9.99. The van der Waals surface area contributed by atoms with Gasteiger partial charge in [0.05, 0.1) is 11.3 Å². The predicted octanol–water partition coefficient (Wildman–Crippen LogP) is 3.36. The monoisotopic (exact) mass is 393 g/mol. The highest BCUT2D eigenvalue weighted by Crippen LogP contribution is 2.20. The van der Waals surface area contributed by atoms with Crippen molar-refractivity contribution in [1.29, 1.82) is 0 Å². The van der Waals surface area contributed by atoms with Gasteiger partial charge in [-0.15, -0.1) is 5.10 Å². The molecule has 8 heteroatoms. The van der Waals surface area contributed by atoms with Crippen molar-refractivity contribution in [2.24, 2.45) is 0 Å². The molecule has 0 radical (unpaired) electrons. The Kier molecular flexibility index (Phi) is 6.33. The number of nitrogens with one attached hydrogen (secondary N) is 1. The van der Waals surface area contributed by atoms with E-state index in [0.29, 0.717) is 22.9 Å². The van der Waals surface area contributed by atoms with E-state index in [4.69, 9.17) is 4.74 Å². The number of aromatic nitrogens is 4. The molecule has 0 saturated heterocycles. The van der Waals surface area contributed by atoms with Gasteiger partial charge in [0.15, 0.2) is 6.10 Å². The summed E-state index contributed by atoms with van der Waals surface area (Å²) >= 11 is 0. The summed E-state index contributed by atoms with van der Waals surface area (Å²) in [6.07, 6.45) is 1.57. The fraction of sp³-hybridized carbons (Fsp3) is 0.286. The highest BCUT2D eigenvalue weighted by Gasteiger charge is 2.19. The van der Waals surface area contributed by atoms with Crippen molar-refractivity contribution in [3.05, 3.63) is 66.0 Å². The molecule has 0 spiro atoms. The Morgan fingerprint density at radius 1 is 1.07 bits per heavy atom. The average molecular weight is 393 g/mol. The largest absolute Gasteiger partial charge is 0.449 e. The summed E-state index contributed by atoms with van der Waals surface area (Å²) in [7, 11) is 0. The zero-order valence-electron chi connectivity index (χ0n) is 16.6. The molecule has 150 valence electrons. The van der Waals surface area contributed by atoms with E-state index >= 15 is 0 Å². The van der Waals surface area contributed by atoms with E-state index in [9.17, 15) is 9.59 Å². The summed E-state index contributed by atoms with van der Waals surface area (Å²) in [4.78, 5) is 24.7. The number of anilines is 1. The van der Waals surface area contributed by atoms with Gasteiger partial charge in [0, 0.05) is 5.69 Å². The molecule has 0 aliphatic carbocycles. The van der Waals surface area contributed by atoms with Crippen LogP contribution >= 0.6 is 0 Å². The molecule has 0 fully saturated rings. The van der Waals surface area contributed by atoms with Crippen LogP contribution in [0.2, 0.25) is 0 Å². The topological polar surface area (TPSA) is 99.0 Å². The van der Waals surface area contributed by atoms with Crippen LogP contribution in [0, 0.1) is 0 Å². The number of benzene rings is 2. The van der Waals surface area contributed by atoms with E-state index in [-0.39, 0.29) is 5.91 Å². The van der Waals surface area contributed by atoms with Crippen LogP contribution in [0.15, 0.2) is 54.9 Å². The fourth-order valence-electron chi connectivity index (χ4n) is 2.69. The third kappa shape index (κ3) is 5.04. The van der Waals surface area contributed by atoms with E-state index in [1.807, 2.05) is 24.3 Å². The molecule has 3 aromatic rings. The first-order valence-corrected chi connectivity index (χ1v) is 9.43. The van der Waals surface area contributed by atoms with Crippen LogP contribution in [0.5, 0.6) is 0 Å². The second kappa shape index (κ2) is 9.09. The zero-order chi connectivity index (χ0) is 20.8. The Morgan fingerprint density at radius 2 is 1.76 bits per heavy atom. The van der Waals surface area contributed by atoms with Gasteiger partial charge < -0.3 is 10.1 Å². The first-order chi connectivity index (χ1) is 14.0. The lowest BCUT2D eigenvalue weighted by Crippen LogP contribution is -2.30. The summed E-state index contributed by atoms with van der Waals surface area (Å²) in [5.41, 5.74) is 2.92. The standard InChI is InChI=1S/C21H23N5O3/c1-4-14(2)16-5-9-18(10-6-16)23-20(27)15(3)29-21(28)17-7-11-19(12-8-17)26-13-22-24-25-26/h5-15H,4H2,1-3H3,(H,23,27)/t14-,15-/m1/s1. The highest BCUT2D eigenvalue weighted by molar-refractivity contribution is 5.97.